The molecule has 1 aliphatic rings. The van der Waals surface area contributed by atoms with Crippen LogP contribution in [-0.2, 0) is 18.3 Å². The van der Waals surface area contributed by atoms with Gasteiger partial charge in [-0.25, -0.2) is 14.4 Å². The van der Waals surface area contributed by atoms with Gasteiger partial charge in [0.2, 0.25) is 5.89 Å². The third-order valence-corrected chi connectivity index (χ3v) is 5.47. The molecule has 1 saturated heterocycles. The first-order valence-corrected chi connectivity index (χ1v) is 9.63. The van der Waals surface area contributed by atoms with Crippen molar-refractivity contribution in [3.63, 3.8) is 0 Å². The Morgan fingerprint density at radius 1 is 1.30 bits per heavy atom. The van der Waals surface area contributed by atoms with Crippen molar-refractivity contribution in [2.75, 3.05) is 6.61 Å². The molecule has 11 heteroatoms. The maximum absolute atomic E-state index is 13.7. The van der Waals surface area contributed by atoms with Crippen molar-refractivity contribution in [1.82, 2.24) is 29.2 Å². The van der Waals surface area contributed by atoms with E-state index in [-0.39, 0.29) is 35.0 Å². The minimum Gasteiger partial charge on any atom is -0.373 e. The van der Waals surface area contributed by atoms with E-state index in [1.165, 1.54) is 29.4 Å². The van der Waals surface area contributed by atoms with E-state index in [0.717, 1.165) is 0 Å². The summed E-state index contributed by atoms with van der Waals surface area (Å²) >= 11 is 5.74. The largest absolute Gasteiger partial charge is 0.373 e. The number of aromatic nitrogens is 6. The van der Waals surface area contributed by atoms with Crippen molar-refractivity contribution >= 4 is 22.8 Å². The predicted molar refractivity (Wildman–Crippen MR) is 104 cm³/mol. The number of halogens is 2. The number of nitrogens with zero attached hydrogens (tertiary/aromatic N) is 6. The second-order valence-corrected chi connectivity index (χ2v) is 7.59. The van der Waals surface area contributed by atoms with Crippen molar-refractivity contribution in [1.29, 1.82) is 0 Å². The Bertz CT molecular complexity index is 1300. The van der Waals surface area contributed by atoms with Crippen molar-refractivity contribution in [2.45, 2.75) is 25.0 Å². The lowest BCUT2D eigenvalue weighted by atomic mass is 10.00. The summed E-state index contributed by atoms with van der Waals surface area (Å²) in [5.74, 6) is 0.203. The van der Waals surface area contributed by atoms with E-state index in [1.807, 2.05) is 0 Å². The van der Waals surface area contributed by atoms with Crippen LogP contribution in [0.4, 0.5) is 4.39 Å². The first kappa shape index (κ1) is 18.9. The zero-order chi connectivity index (χ0) is 20.8. The third-order valence-electron chi connectivity index (χ3n) is 5.17. The minimum atomic E-state index is -0.479. The predicted octanol–water partition coefficient (Wildman–Crippen LogP) is 2.60. The minimum absolute atomic E-state index is 0.0742. The Morgan fingerprint density at radius 3 is 2.97 bits per heavy atom. The molecule has 0 radical (unpaired) electrons. The Kier molecular flexibility index (Phi) is 4.59. The normalized spacial score (nSPS) is 19.0. The van der Waals surface area contributed by atoms with Crippen LogP contribution in [0.15, 0.2) is 40.2 Å². The average molecular weight is 431 g/mol. The lowest BCUT2D eigenvalue weighted by molar-refractivity contribution is 0.109. The van der Waals surface area contributed by atoms with E-state index in [2.05, 4.69) is 20.1 Å². The molecule has 1 aliphatic heterocycles. The standard InChI is InChI=1S/C19H16ClFN6O3/c1-26-8-22-18-16(26)19(28)27(9-23-18)6-15-24-17(25-30-15)11-5-14(29-7-11)10-2-3-12(20)13(21)4-10/h2-4,8-9,11,14H,5-7H2,1H3/t11-,14+/m0/s1. The van der Waals surface area contributed by atoms with Gasteiger partial charge in [0.05, 0.1) is 24.1 Å². The second-order valence-electron chi connectivity index (χ2n) is 7.18. The average Bonchev–Trinajstić information content (AvgIpc) is 3.46. The van der Waals surface area contributed by atoms with E-state index in [9.17, 15) is 9.18 Å². The van der Waals surface area contributed by atoms with Gasteiger partial charge in [-0.05, 0) is 24.1 Å². The zero-order valence-electron chi connectivity index (χ0n) is 15.8. The Labute approximate surface area is 174 Å². The molecule has 0 aliphatic carbocycles. The molecule has 1 aromatic carbocycles. The molecule has 9 nitrogen and oxygen atoms in total. The number of rotatable bonds is 4. The Balaban J connectivity index is 1.33. The molecule has 5 rings (SSSR count). The lowest BCUT2D eigenvalue weighted by Gasteiger charge is -2.09. The number of hydrogen-bond acceptors (Lipinski definition) is 7. The Hall–Kier alpha value is -3.11. The molecule has 0 unspecified atom stereocenters. The summed E-state index contributed by atoms with van der Waals surface area (Å²) in [7, 11) is 1.73. The topological polar surface area (TPSA) is 101 Å². The highest BCUT2D eigenvalue weighted by molar-refractivity contribution is 6.30. The van der Waals surface area contributed by atoms with E-state index in [4.69, 9.17) is 20.9 Å². The van der Waals surface area contributed by atoms with Crippen LogP contribution >= 0.6 is 11.6 Å². The maximum Gasteiger partial charge on any atom is 0.280 e. The molecule has 4 aromatic rings. The van der Waals surface area contributed by atoms with Gasteiger partial charge in [-0.15, -0.1) is 0 Å². The molecule has 0 N–H and O–H groups in total. The van der Waals surface area contributed by atoms with Gasteiger partial charge >= 0.3 is 0 Å². The van der Waals surface area contributed by atoms with Crippen LogP contribution < -0.4 is 5.56 Å². The molecule has 0 bridgehead atoms. The molecule has 30 heavy (non-hydrogen) atoms. The van der Waals surface area contributed by atoms with Crippen LogP contribution in [0.2, 0.25) is 5.02 Å². The molecule has 2 atom stereocenters. The van der Waals surface area contributed by atoms with Crippen molar-refractivity contribution in [2.24, 2.45) is 7.05 Å². The highest BCUT2D eigenvalue weighted by Crippen LogP contribution is 2.37. The molecule has 0 amide bonds. The van der Waals surface area contributed by atoms with E-state index in [0.29, 0.717) is 35.6 Å². The van der Waals surface area contributed by atoms with Crippen molar-refractivity contribution in [3.05, 3.63) is 69.3 Å². The van der Waals surface area contributed by atoms with Gasteiger partial charge in [-0.2, -0.15) is 4.98 Å². The maximum atomic E-state index is 13.7. The number of benzene rings is 1. The van der Waals surface area contributed by atoms with E-state index in [1.54, 1.807) is 17.7 Å². The summed E-state index contributed by atoms with van der Waals surface area (Å²) in [6, 6.07) is 4.64. The smallest absolute Gasteiger partial charge is 0.280 e. The van der Waals surface area contributed by atoms with Crippen molar-refractivity contribution in [3.8, 4) is 0 Å². The molecule has 4 heterocycles. The van der Waals surface area contributed by atoms with E-state index < -0.39 is 5.82 Å². The Morgan fingerprint density at radius 2 is 2.13 bits per heavy atom. The van der Waals surface area contributed by atoms with Gasteiger partial charge in [-0.3, -0.25) is 9.36 Å². The van der Waals surface area contributed by atoms with Crippen molar-refractivity contribution < 1.29 is 13.7 Å². The lowest BCUT2D eigenvalue weighted by Crippen LogP contribution is -2.22. The third kappa shape index (κ3) is 3.27. The first-order valence-electron chi connectivity index (χ1n) is 9.25. The molecule has 0 spiro atoms. The van der Waals surface area contributed by atoms with Crippen LogP contribution in [0.5, 0.6) is 0 Å². The fraction of sp³-hybridized carbons (Fsp3) is 0.316. The number of fused-ring (bicyclic) bond motifs is 1. The van der Waals surface area contributed by atoms with Gasteiger partial charge < -0.3 is 13.8 Å². The number of ether oxygens (including phenoxy) is 1. The molecule has 3 aromatic heterocycles. The zero-order valence-corrected chi connectivity index (χ0v) is 16.6. The molecule has 1 fully saturated rings. The fourth-order valence-corrected chi connectivity index (χ4v) is 3.70. The molecule has 0 saturated carbocycles. The SMILES string of the molecule is Cn1cnc2ncn(Cc3nc([C@@H]4CO[C@@H](c5ccc(Cl)c(F)c5)C4)no3)c(=O)c21. The first-order chi connectivity index (χ1) is 14.5. The molecular weight excluding hydrogens is 415 g/mol. The van der Waals surface area contributed by atoms with Gasteiger partial charge in [0.25, 0.3) is 5.56 Å². The summed E-state index contributed by atoms with van der Waals surface area (Å²) in [6.45, 7) is 0.482. The van der Waals surface area contributed by atoms with E-state index >= 15 is 0 Å². The highest BCUT2D eigenvalue weighted by atomic mass is 35.5. The summed E-state index contributed by atoms with van der Waals surface area (Å²) in [5.41, 5.74) is 1.26. The molecule has 154 valence electrons. The van der Waals surface area contributed by atoms with Crippen LogP contribution in [0, 0.1) is 5.82 Å². The second kappa shape index (κ2) is 7.29. The summed E-state index contributed by atoms with van der Waals surface area (Å²) < 4.78 is 27.9. The fourth-order valence-electron chi connectivity index (χ4n) is 3.58. The van der Waals surface area contributed by atoms with Crippen LogP contribution in [-0.4, -0.2) is 35.8 Å². The van der Waals surface area contributed by atoms with Crippen LogP contribution in [0.25, 0.3) is 11.2 Å². The monoisotopic (exact) mass is 430 g/mol. The summed E-state index contributed by atoms with van der Waals surface area (Å²) in [6.07, 6.45) is 3.26. The summed E-state index contributed by atoms with van der Waals surface area (Å²) in [4.78, 5) is 25.3. The summed E-state index contributed by atoms with van der Waals surface area (Å²) in [5, 5.41) is 4.11. The molecular formula is C19H16ClFN6O3. The van der Waals surface area contributed by atoms with Gasteiger partial charge in [-0.1, -0.05) is 22.8 Å². The number of hydrogen-bond donors (Lipinski definition) is 0. The van der Waals surface area contributed by atoms with Crippen LogP contribution in [0.1, 0.15) is 35.7 Å². The van der Waals surface area contributed by atoms with Gasteiger partial charge in [0, 0.05) is 13.0 Å². The number of aryl methyl sites for hydroxylation is 1. The number of imidazole rings is 1. The van der Waals surface area contributed by atoms with Crippen LogP contribution in [0.3, 0.4) is 0 Å². The quantitative estimate of drug-likeness (QED) is 0.490. The van der Waals surface area contributed by atoms with Gasteiger partial charge in [0.15, 0.2) is 17.0 Å². The van der Waals surface area contributed by atoms with Gasteiger partial charge in [0.1, 0.15) is 18.7 Å². The highest BCUT2D eigenvalue weighted by Gasteiger charge is 2.31.